The molecule has 0 amide bonds. The van der Waals surface area contributed by atoms with Crippen molar-refractivity contribution in [2.24, 2.45) is 47.3 Å². The number of rotatable bonds is 6. The fraction of sp³-hybridized carbons (Fsp3) is 0.720. The van der Waals surface area contributed by atoms with Gasteiger partial charge in [0, 0.05) is 85.1 Å². The van der Waals surface area contributed by atoms with E-state index in [0.29, 0.717) is 59.7 Å². The Balaban J connectivity index is 0.957. The van der Waals surface area contributed by atoms with E-state index in [9.17, 15) is 0 Å². The summed E-state index contributed by atoms with van der Waals surface area (Å²) in [5.41, 5.74) is 2.73. The SMILES string of the molecule is CCN1C2CCCCC2C2CC3C(CC21)C(=O)C1CC2C(CC1N3Cc1ccccc1)C(=O)C1CC3C(CC1N2Cc1ccccc1)C1CCCCC1N3CC. The molecule has 4 heterocycles. The number of carbonyl (C=O) groups is 2. The van der Waals surface area contributed by atoms with Crippen LogP contribution in [-0.4, -0.2) is 92.6 Å². The Hall–Kier alpha value is -2.38. The molecule has 16 unspecified atom stereocenters. The van der Waals surface area contributed by atoms with Gasteiger partial charge >= 0.3 is 0 Å². The summed E-state index contributed by atoms with van der Waals surface area (Å²) >= 11 is 0. The highest BCUT2D eigenvalue weighted by Crippen LogP contribution is 2.58. The first kappa shape index (κ1) is 36.7. The van der Waals surface area contributed by atoms with Crippen LogP contribution in [0.3, 0.4) is 0 Å². The van der Waals surface area contributed by atoms with E-state index in [2.05, 4.69) is 94.1 Å². The minimum atomic E-state index is 0.0141. The van der Waals surface area contributed by atoms with Gasteiger partial charge < -0.3 is 0 Å². The molecule has 300 valence electrons. The molecule has 0 bridgehead atoms. The molecule has 0 aromatic heterocycles. The van der Waals surface area contributed by atoms with Crippen LogP contribution in [0, 0.1) is 47.3 Å². The molecule has 9 aliphatic rings. The summed E-state index contributed by atoms with van der Waals surface area (Å²) in [5, 5.41) is 0. The van der Waals surface area contributed by atoms with Crippen molar-refractivity contribution < 1.29 is 9.59 Å². The molecule has 4 saturated heterocycles. The highest BCUT2D eigenvalue weighted by molar-refractivity contribution is 5.89. The number of benzene rings is 2. The van der Waals surface area contributed by atoms with E-state index >= 15 is 9.59 Å². The van der Waals surface area contributed by atoms with Crippen LogP contribution in [0.5, 0.6) is 0 Å². The third-order valence-electron chi connectivity index (χ3n) is 18.5. The average molecular weight is 757 g/mol. The van der Waals surface area contributed by atoms with Crippen LogP contribution in [0.4, 0.5) is 0 Å². The standard InChI is InChI=1S/C50H68N4O2/c1-3-51-41-21-13-11-19-33(41)35-23-45-37(25-43(35)51)49(55)39-27-48-40(28-47(39)53(45)29-31-15-7-5-8-16-31)50(56)38-26-44-36(34-20-12-14-22-42(34)52(44)4-2)24-46(38)54(48)30-32-17-9-6-10-18-32/h5-10,15-18,33-48H,3-4,11-14,19-30H2,1-2H3. The maximum Gasteiger partial charge on any atom is 0.142 e. The van der Waals surface area contributed by atoms with Gasteiger partial charge in [0.25, 0.3) is 0 Å². The second-order valence-corrected chi connectivity index (χ2v) is 20.4. The topological polar surface area (TPSA) is 47.1 Å². The summed E-state index contributed by atoms with van der Waals surface area (Å²) in [7, 11) is 0. The number of nitrogens with zero attached hydrogens (tertiary/aromatic N) is 4. The zero-order chi connectivity index (χ0) is 37.7. The first-order valence-corrected chi connectivity index (χ1v) is 23.7. The minimum Gasteiger partial charge on any atom is -0.299 e. The molecule has 0 radical (unpaired) electrons. The minimum absolute atomic E-state index is 0.0141. The van der Waals surface area contributed by atoms with Gasteiger partial charge in [-0.05, 0) is 112 Å². The van der Waals surface area contributed by atoms with Crippen molar-refractivity contribution >= 4 is 11.6 Å². The van der Waals surface area contributed by atoms with Gasteiger partial charge in [-0.1, -0.05) is 100 Å². The van der Waals surface area contributed by atoms with Gasteiger partial charge in [-0.25, -0.2) is 0 Å². The molecule has 11 rings (SSSR count). The molecular weight excluding hydrogens is 689 g/mol. The lowest BCUT2D eigenvalue weighted by Crippen LogP contribution is -2.70. The van der Waals surface area contributed by atoms with Crippen LogP contribution in [0.15, 0.2) is 60.7 Å². The van der Waals surface area contributed by atoms with Crippen molar-refractivity contribution in [3.8, 4) is 0 Å². The van der Waals surface area contributed by atoms with Crippen LogP contribution in [-0.2, 0) is 22.7 Å². The van der Waals surface area contributed by atoms with Crippen LogP contribution < -0.4 is 0 Å². The number of hydrogen-bond donors (Lipinski definition) is 0. The fourth-order valence-electron chi connectivity index (χ4n) is 16.6. The van der Waals surface area contributed by atoms with Gasteiger partial charge in [0.1, 0.15) is 11.6 Å². The second kappa shape index (κ2) is 14.7. The molecule has 16 atom stereocenters. The van der Waals surface area contributed by atoms with Crippen LogP contribution in [0.2, 0.25) is 0 Å². The fourth-order valence-corrected chi connectivity index (χ4v) is 16.6. The third kappa shape index (κ3) is 5.75. The van der Waals surface area contributed by atoms with Gasteiger partial charge in [0.05, 0.1) is 0 Å². The molecule has 9 fully saturated rings. The number of carbonyl (C=O) groups excluding carboxylic acids is 2. The summed E-state index contributed by atoms with van der Waals surface area (Å²) in [5.74, 6) is 4.37. The lowest BCUT2D eigenvalue weighted by atomic mass is 9.57. The maximum absolute atomic E-state index is 15.4. The molecule has 4 aliphatic heterocycles. The zero-order valence-corrected chi connectivity index (χ0v) is 34.3. The molecule has 2 aromatic rings. The van der Waals surface area contributed by atoms with Crippen LogP contribution in [0.1, 0.15) is 115 Å². The van der Waals surface area contributed by atoms with E-state index in [4.69, 9.17) is 0 Å². The first-order chi connectivity index (χ1) is 27.5. The quantitative estimate of drug-likeness (QED) is 0.296. The van der Waals surface area contributed by atoms with Crippen LogP contribution >= 0.6 is 0 Å². The third-order valence-corrected chi connectivity index (χ3v) is 18.5. The largest absolute Gasteiger partial charge is 0.299 e. The van der Waals surface area contributed by atoms with Crippen molar-refractivity contribution in [1.82, 2.24) is 19.6 Å². The van der Waals surface area contributed by atoms with Crippen molar-refractivity contribution in [2.45, 2.75) is 165 Å². The summed E-state index contributed by atoms with van der Waals surface area (Å²) in [6, 6.07) is 25.7. The number of hydrogen-bond acceptors (Lipinski definition) is 6. The predicted octanol–water partition coefficient (Wildman–Crippen LogP) is 8.24. The Labute approximate surface area is 337 Å². The number of piperidine rings is 2. The van der Waals surface area contributed by atoms with E-state index in [0.717, 1.165) is 63.7 Å². The smallest absolute Gasteiger partial charge is 0.142 e. The Morgan fingerprint density at radius 2 is 0.768 bits per heavy atom. The Kier molecular flexibility index (Phi) is 9.64. The van der Waals surface area contributed by atoms with Gasteiger partial charge in [-0.3, -0.25) is 29.2 Å². The van der Waals surface area contributed by atoms with E-state index in [1.807, 2.05) is 0 Å². The number of Topliss-reactive ketones (excluding diaryl/α,β-unsaturated/α-hetero) is 2. The molecule has 6 nitrogen and oxygen atoms in total. The molecule has 2 aromatic carbocycles. The Morgan fingerprint density at radius 3 is 1.16 bits per heavy atom. The Bertz CT molecular complexity index is 1620. The maximum atomic E-state index is 15.4. The molecule has 6 heteroatoms. The van der Waals surface area contributed by atoms with Gasteiger partial charge in [0.15, 0.2) is 0 Å². The van der Waals surface area contributed by atoms with Crippen molar-refractivity contribution in [3.05, 3.63) is 71.8 Å². The van der Waals surface area contributed by atoms with Crippen molar-refractivity contribution in [3.63, 3.8) is 0 Å². The normalized spacial score (nSPS) is 45.1. The predicted molar refractivity (Wildman–Crippen MR) is 222 cm³/mol. The number of fused-ring (bicyclic) bond motifs is 10. The second-order valence-electron chi connectivity index (χ2n) is 20.4. The van der Waals surface area contributed by atoms with Crippen LogP contribution in [0.25, 0.3) is 0 Å². The molecule has 56 heavy (non-hydrogen) atoms. The molecule has 5 saturated carbocycles. The highest BCUT2D eigenvalue weighted by Gasteiger charge is 2.64. The lowest BCUT2D eigenvalue weighted by molar-refractivity contribution is -0.167. The average Bonchev–Trinajstić information content (AvgIpc) is 3.74. The summed E-state index contributed by atoms with van der Waals surface area (Å²) in [6.07, 6.45) is 17.1. The van der Waals surface area contributed by atoms with E-state index in [-0.39, 0.29) is 35.8 Å². The van der Waals surface area contributed by atoms with E-state index in [1.165, 1.54) is 75.3 Å². The van der Waals surface area contributed by atoms with Gasteiger partial charge in [0.2, 0.25) is 0 Å². The highest BCUT2D eigenvalue weighted by atomic mass is 16.1. The first-order valence-electron chi connectivity index (χ1n) is 23.7. The molecule has 0 spiro atoms. The molecule has 0 N–H and O–H groups in total. The van der Waals surface area contributed by atoms with Gasteiger partial charge in [-0.15, -0.1) is 0 Å². The summed E-state index contributed by atoms with van der Waals surface area (Å²) in [4.78, 5) is 42.3. The number of likely N-dealkylation sites (tertiary alicyclic amines) is 4. The lowest BCUT2D eigenvalue weighted by Gasteiger charge is -2.61. The van der Waals surface area contributed by atoms with E-state index < -0.39 is 0 Å². The van der Waals surface area contributed by atoms with Crippen molar-refractivity contribution in [1.29, 1.82) is 0 Å². The zero-order valence-electron chi connectivity index (χ0n) is 34.3. The number of ketones is 2. The monoisotopic (exact) mass is 757 g/mol. The summed E-state index contributed by atoms with van der Waals surface area (Å²) < 4.78 is 0. The Morgan fingerprint density at radius 1 is 0.411 bits per heavy atom. The van der Waals surface area contributed by atoms with E-state index in [1.54, 1.807) is 0 Å². The summed E-state index contributed by atoms with van der Waals surface area (Å²) in [6.45, 7) is 8.81. The van der Waals surface area contributed by atoms with Crippen molar-refractivity contribution in [2.75, 3.05) is 13.1 Å². The molecular formula is C50H68N4O2. The van der Waals surface area contributed by atoms with Gasteiger partial charge in [-0.2, -0.15) is 0 Å². The molecule has 5 aliphatic carbocycles.